The summed E-state index contributed by atoms with van der Waals surface area (Å²) in [7, 11) is 0. The number of hydrogen-bond donors (Lipinski definition) is 0. The van der Waals surface area contributed by atoms with E-state index < -0.39 is 5.54 Å². The Bertz CT molecular complexity index is 411. The predicted octanol–water partition coefficient (Wildman–Crippen LogP) is 3.06. The first kappa shape index (κ1) is 14.8. The summed E-state index contributed by atoms with van der Waals surface area (Å²) >= 11 is 0. The van der Waals surface area contributed by atoms with Crippen molar-refractivity contribution in [1.82, 2.24) is 4.90 Å². The molecule has 0 aliphatic heterocycles. The summed E-state index contributed by atoms with van der Waals surface area (Å²) in [6.45, 7) is 9.61. The van der Waals surface area contributed by atoms with Crippen LogP contribution in [-0.2, 0) is 11.2 Å². The van der Waals surface area contributed by atoms with Crippen molar-refractivity contribution in [3.05, 3.63) is 35.6 Å². The van der Waals surface area contributed by atoms with Gasteiger partial charge in [0.1, 0.15) is 5.82 Å². The Morgan fingerprint density at radius 3 is 2.39 bits per heavy atom. The van der Waals surface area contributed by atoms with Crippen LogP contribution in [0.3, 0.4) is 0 Å². The maximum Gasteiger partial charge on any atom is 0.156 e. The second-order valence-corrected chi connectivity index (χ2v) is 4.96. The Hall–Kier alpha value is -1.22. The van der Waals surface area contributed by atoms with Crippen LogP contribution in [0.4, 0.5) is 4.39 Å². The van der Waals surface area contributed by atoms with E-state index in [9.17, 15) is 9.18 Å². The lowest BCUT2D eigenvalue weighted by Crippen LogP contribution is -2.50. The van der Waals surface area contributed by atoms with Crippen molar-refractivity contribution >= 4 is 5.78 Å². The minimum atomic E-state index is -0.504. The third-order valence-electron chi connectivity index (χ3n) is 3.49. The van der Waals surface area contributed by atoms with E-state index in [2.05, 4.69) is 4.90 Å². The fraction of sp³-hybridized carbons (Fsp3) is 0.533. The molecule has 0 N–H and O–H groups in total. The Kier molecular flexibility index (Phi) is 5.03. The summed E-state index contributed by atoms with van der Waals surface area (Å²) in [5, 5.41) is 0. The van der Waals surface area contributed by atoms with Gasteiger partial charge < -0.3 is 0 Å². The van der Waals surface area contributed by atoms with Crippen LogP contribution in [0.15, 0.2) is 24.3 Å². The van der Waals surface area contributed by atoms with E-state index in [0.717, 1.165) is 18.7 Å². The summed E-state index contributed by atoms with van der Waals surface area (Å²) in [5.41, 5.74) is 0.232. The zero-order valence-corrected chi connectivity index (χ0v) is 11.7. The first-order valence-electron chi connectivity index (χ1n) is 6.44. The second-order valence-electron chi connectivity index (χ2n) is 4.96. The number of Topliss-reactive ketones (excluding diaryl/α,β-unsaturated/α-hetero) is 1. The first-order chi connectivity index (χ1) is 8.41. The molecule has 2 nitrogen and oxygen atoms in total. The lowest BCUT2D eigenvalue weighted by molar-refractivity contribution is -0.128. The molecular formula is C15H22FNO. The number of likely N-dealkylation sites (N-methyl/N-ethyl adjacent to an activating group) is 1. The normalized spacial score (nSPS) is 11.9. The van der Waals surface area contributed by atoms with Crippen molar-refractivity contribution in [2.75, 3.05) is 13.1 Å². The monoisotopic (exact) mass is 251 g/mol. The van der Waals surface area contributed by atoms with E-state index in [-0.39, 0.29) is 18.0 Å². The topological polar surface area (TPSA) is 20.3 Å². The van der Waals surface area contributed by atoms with Crippen LogP contribution >= 0.6 is 0 Å². The average molecular weight is 251 g/mol. The zero-order chi connectivity index (χ0) is 13.8. The summed E-state index contributed by atoms with van der Waals surface area (Å²) in [5.74, 6) is -0.169. The molecule has 0 atom stereocenters. The van der Waals surface area contributed by atoms with Gasteiger partial charge in [-0.05, 0) is 44.6 Å². The van der Waals surface area contributed by atoms with Crippen LogP contribution in [0.1, 0.15) is 33.3 Å². The standard InChI is InChI=1S/C15H22FNO/c1-5-17(6-2)15(3,4)14(18)11-12-8-7-9-13(16)10-12/h7-10H,5-6,11H2,1-4H3. The quantitative estimate of drug-likeness (QED) is 0.774. The van der Waals surface area contributed by atoms with Gasteiger partial charge in [-0.15, -0.1) is 0 Å². The smallest absolute Gasteiger partial charge is 0.156 e. The van der Waals surface area contributed by atoms with Crippen LogP contribution in [0.25, 0.3) is 0 Å². The van der Waals surface area contributed by atoms with Crippen molar-refractivity contribution in [3.63, 3.8) is 0 Å². The third kappa shape index (κ3) is 3.39. The fourth-order valence-corrected chi connectivity index (χ4v) is 2.24. The molecule has 3 heteroatoms. The highest BCUT2D eigenvalue weighted by Gasteiger charge is 2.32. The molecule has 18 heavy (non-hydrogen) atoms. The van der Waals surface area contributed by atoms with E-state index in [1.807, 2.05) is 27.7 Å². The van der Waals surface area contributed by atoms with Crippen LogP contribution in [-0.4, -0.2) is 29.3 Å². The molecule has 1 rings (SSSR count). The van der Waals surface area contributed by atoms with Gasteiger partial charge in [-0.3, -0.25) is 9.69 Å². The number of rotatable bonds is 6. The Morgan fingerprint density at radius 2 is 1.89 bits per heavy atom. The molecule has 1 aromatic carbocycles. The van der Waals surface area contributed by atoms with Crippen LogP contribution < -0.4 is 0 Å². The lowest BCUT2D eigenvalue weighted by Gasteiger charge is -2.35. The highest BCUT2D eigenvalue weighted by atomic mass is 19.1. The molecule has 0 bridgehead atoms. The predicted molar refractivity (Wildman–Crippen MR) is 72.1 cm³/mol. The molecule has 0 aliphatic carbocycles. The fourth-order valence-electron chi connectivity index (χ4n) is 2.24. The molecule has 0 radical (unpaired) electrons. The van der Waals surface area contributed by atoms with Crippen LogP contribution in [0, 0.1) is 5.82 Å². The van der Waals surface area contributed by atoms with Gasteiger partial charge in [-0.25, -0.2) is 4.39 Å². The number of nitrogens with zero attached hydrogens (tertiary/aromatic N) is 1. The molecule has 0 fully saturated rings. The minimum absolute atomic E-state index is 0.122. The van der Waals surface area contributed by atoms with Gasteiger partial charge in [0, 0.05) is 6.42 Å². The Labute approximate surface area is 109 Å². The van der Waals surface area contributed by atoms with E-state index >= 15 is 0 Å². The van der Waals surface area contributed by atoms with E-state index in [1.54, 1.807) is 12.1 Å². The highest BCUT2D eigenvalue weighted by Crippen LogP contribution is 2.18. The van der Waals surface area contributed by atoms with Gasteiger partial charge in [0.25, 0.3) is 0 Å². The van der Waals surface area contributed by atoms with Crippen molar-refractivity contribution in [1.29, 1.82) is 0 Å². The molecule has 0 aliphatic rings. The minimum Gasteiger partial charge on any atom is -0.297 e. The molecule has 0 unspecified atom stereocenters. The summed E-state index contributed by atoms with van der Waals surface area (Å²) in [6.07, 6.45) is 0.279. The molecular weight excluding hydrogens is 229 g/mol. The van der Waals surface area contributed by atoms with E-state index in [4.69, 9.17) is 0 Å². The highest BCUT2D eigenvalue weighted by molar-refractivity contribution is 5.89. The molecule has 100 valence electrons. The van der Waals surface area contributed by atoms with Crippen molar-refractivity contribution in [3.8, 4) is 0 Å². The van der Waals surface area contributed by atoms with Gasteiger partial charge in [0.05, 0.1) is 5.54 Å². The maximum absolute atomic E-state index is 13.1. The van der Waals surface area contributed by atoms with Crippen molar-refractivity contribution < 1.29 is 9.18 Å². The van der Waals surface area contributed by atoms with Crippen LogP contribution in [0.2, 0.25) is 0 Å². The lowest BCUT2D eigenvalue weighted by atomic mass is 9.91. The van der Waals surface area contributed by atoms with Crippen molar-refractivity contribution in [2.24, 2.45) is 0 Å². The Balaban J connectivity index is 2.81. The Morgan fingerprint density at radius 1 is 1.28 bits per heavy atom. The van der Waals surface area contributed by atoms with E-state index in [1.165, 1.54) is 12.1 Å². The number of hydrogen-bond acceptors (Lipinski definition) is 2. The van der Waals surface area contributed by atoms with Gasteiger partial charge in [0.15, 0.2) is 5.78 Å². The molecule has 0 saturated carbocycles. The average Bonchev–Trinajstić information content (AvgIpc) is 2.30. The maximum atomic E-state index is 13.1. The summed E-state index contributed by atoms with van der Waals surface area (Å²) in [6, 6.07) is 6.25. The van der Waals surface area contributed by atoms with Crippen LogP contribution in [0.5, 0.6) is 0 Å². The molecule has 0 amide bonds. The molecule has 0 saturated heterocycles. The molecule has 1 aromatic rings. The molecule has 0 heterocycles. The second kappa shape index (κ2) is 6.10. The van der Waals surface area contributed by atoms with Crippen molar-refractivity contribution in [2.45, 2.75) is 39.7 Å². The van der Waals surface area contributed by atoms with Gasteiger partial charge in [-0.2, -0.15) is 0 Å². The first-order valence-corrected chi connectivity index (χ1v) is 6.44. The number of carbonyl (C=O) groups is 1. The van der Waals surface area contributed by atoms with Gasteiger partial charge in [0.2, 0.25) is 0 Å². The molecule has 0 aromatic heterocycles. The van der Waals surface area contributed by atoms with Gasteiger partial charge in [-0.1, -0.05) is 26.0 Å². The van der Waals surface area contributed by atoms with E-state index in [0.29, 0.717) is 0 Å². The number of benzene rings is 1. The largest absolute Gasteiger partial charge is 0.297 e. The number of carbonyl (C=O) groups excluding carboxylic acids is 1. The third-order valence-corrected chi connectivity index (χ3v) is 3.49. The van der Waals surface area contributed by atoms with Gasteiger partial charge >= 0.3 is 0 Å². The summed E-state index contributed by atoms with van der Waals surface area (Å²) in [4.78, 5) is 14.5. The SMILES string of the molecule is CCN(CC)C(C)(C)C(=O)Cc1cccc(F)c1. The number of ketones is 1. The summed E-state index contributed by atoms with van der Waals surface area (Å²) < 4.78 is 13.1. The number of halogens is 1. The zero-order valence-electron chi connectivity index (χ0n) is 11.7. The molecule has 0 spiro atoms.